The fourth-order valence-corrected chi connectivity index (χ4v) is 2.90. The van der Waals surface area contributed by atoms with Gasteiger partial charge in [-0.2, -0.15) is 5.10 Å². The van der Waals surface area contributed by atoms with E-state index in [4.69, 9.17) is 4.42 Å². The van der Waals surface area contributed by atoms with Gasteiger partial charge in [0.05, 0.1) is 18.5 Å². The third-order valence-corrected chi connectivity index (χ3v) is 4.39. The van der Waals surface area contributed by atoms with E-state index in [2.05, 4.69) is 33.6 Å². The summed E-state index contributed by atoms with van der Waals surface area (Å²) in [6.45, 7) is 2.49. The van der Waals surface area contributed by atoms with Crippen molar-refractivity contribution in [2.75, 3.05) is 0 Å². The van der Waals surface area contributed by atoms with Gasteiger partial charge in [-0.25, -0.2) is 0 Å². The second-order valence-corrected chi connectivity index (χ2v) is 6.52. The average Bonchev–Trinajstić information content (AvgIpc) is 3.39. The number of benzene rings is 1. The van der Waals surface area contributed by atoms with Gasteiger partial charge in [-0.05, 0) is 42.8 Å². The molecule has 28 heavy (non-hydrogen) atoms. The van der Waals surface area contributed by atoms with Crippen LogP contribution in [0, 0.1) is 6.92 Å². The Kier molecular flexibility index (Phi) is 5.01. The van der Waals surface area contributed by atoms with E-state index in [-0.39, 0.29) is 12.5 Å². The quantitative estimate of drug-likeness (QED) is 0.558. The maximum Gasteiger partial charge on any atom is 0.242 e. The average molecular weight is 372 g/mol. The Bertz CT molecular complexity index is 1070. The van der Waals surface area contributed by atoms with Crippen molar-refractivity contribution in [3.05, 3.63) is 84.7 Å². The minimum Gasteiger partial charge on any atom is -0.467 e. The summed E-state index contributed by atoms with van der Waals surface area (Å²) in [6.07, 6.45) is 5.26. The second kappa shape index (κ2) is 7.92. The van der Waals surface area contributed by atoms with Gasteiger partial charge < -0.3 is 9.73 Å². The van der Waals surface area contributed by atoms with Crippen molar-refractivity contribution in [1.82, 2.24) is 20.1 Å². The lowest BCUT2D eigenvalue weighted by Gasteiger charge is -2.05. The molecule has 0 aliphatic rings. The fourth-order valence-electron chi connectivity index (χ4n) is 2.90. The highest BCUT2D eigenvalue weighted by molar-refractivity contribution is 5.76. The predicted molar refractivity (Wildman–Crippen MR) is 106 cm³/mol. The zero-order chi connectivity index (χ0) is 19.3. The molecule has 0 saturated carbocycles. The number of nitrogens with zero attached hydrogens (tertiary/aromatic N) is 3. The number of furan rings is 1. The molecule has 6 heteroatoms. The van der Waals surface area contributed by atoms with Gasteiger partial charge in [0.1, 0.15) is 12.3 Å². The van der Waals surface area contributed by atoms with Gasteiger partial charge in [-0.15, -0.1) is 0 Å². The first kappa shape index (κ1) is 17.7. The Morgan fingerprint density at radius 2 is 1.96 bits per heavy atom. The number of amides is 1. The minimum atomic E-state index is -0.120. The number of aryl methyl sites for hydroxylation is 1. The lowest BCUT2D eigenvalue weighted by Crippen LogP contribution is -2.27. The molecule has 0 atom stereocenters. The van der Waals surface area contributed by atoms with Gasteiger partial charge in [0.2, 0.25) is 5.91 Å². The van der Waals surface area contributed by atoms with Gasteiger partial charge in [-0.1, -0.05) is 24.3 Å². The highest BCUT2D eigenvalue weighted by atomic mass is 16.3. The Hall–Kier alpha value is -3.67. The molecular formula is C22H20N4O2. The first-order valence-electron chi connectivity index (χ1n) is 9.03. The Labute approximate surface area is 162 Å². The van der Waals surface area contributed by atoms with Crippen LogP contribution >= 0.6 is 0 Å². The first-order valence-corrected chi connectivity index (χ1v) is 9.03. The van der Waals surface area contributed by atoms with E-state index in [1.54, 1.807) is 17.0 Å². The van der Waals surface area contributed by atoms with Crippen LogP contribution in [0.25, 0.3) is 22.4 Å². The number of hydrogen-bond donors (Lipinski definition) is 1. The van der Waals surface area contributed by atoms with E-state index in [9.17, 15) is 4.79 Å². The number of aromatic nitrogens is 3. The van der Waals surface area contributed by atoms with Crippen molar-refractivity contribution >= 4 is 5.91 Å². The van der Waals surface area contributed by atoms with Gasteiger partial charge in [0.15, 0.2) is 0 Å². The first-order chi connectivity index (χ1) is 13.7. The molecule has 0 fully saturated rings. The van der Waals surface area contributed by atoms with E-state index >= 15 is 0 Å². The standard InChI is InChI=1S/C22H20N4O2/c1-16-7-8-19(13-23-16)17-4-2-5-18(12-17)21-9-10-26(25-21)15-22(27)24-14-20-6-3-11-28-20/h2-13H,14-15H2,1H3,(H,24,27). The zero-order valence-corrected chi connectivity index (χ0v) is 15.5. The van der Waals surface area contributed by atoms with Crippen molar-refractivity contribution in [1.29, 1.82) is 0 Å². The summed E-state index contributed by atoms with van der Waals surface area (Å²) in [6, 6.07) is 17.7. The molecule has 6 nitrogen and oxygen atoms in total. The van der Waals surface area contributed by atoms with Crippen molar-refractivity contribution in [2.45, 2.75) is 20.0 Å². The summed E-state index contributed by atoms with van der Waals surface area (Å²) < 4.78 is 6.84. The van der Waals surface area contributed by atoms with Crippen LogP contribution in [0.15, 0.2) is 77.7 Å². The van der Waals surface area contributed by atoms with Crippen molar-refractivity contribution < 1.29 is 9.21 Å². The number of carbonyl (C=O) groups is 1. The summed E-state index contributed by atoms with van der Waals surface area (Å²) >= 11 is 0. The van der Waals surface area contributed by atoms with E-state index in [0.29, 0.717) is 6.54 Å². The third-order valence-electron chi connectivity index (χ3n) is 4.39. The lowest BCUT2D eigenvalue weighted by atomic mass is 10.0. The monoisotopic (exact) mass is 372 g/mol. The lowest BCUT2D eigenvalue weighted by molar-refractivity contribution is -0.122. The summed E-state index contributed by atoms with van der Waals surface area (Å²) in [7, 11) is 0. The number of rotatable bonds is 6. The molecule has 0 aliphatic carbocycles. The van der Waals surface area contributed by atoms with E-state index in [1.807, 2.05) is 49.6 Å². The van der Waals surface area contributed by atoms with E-state index in [1.165, 1.54) is 0 Å². The van der Waals surface area contributed by atoms with Gasteiger partial charge in [0, 0.05) is 29.2 Å². The van der Waals surface area contributed by atoms with Crippen LogP contribution in [0.2, 0.25) is 0 Å². The molecule has 0 saturated heterocycles. The summed E-state index contributed by atoms with van der Waals surface area (Å²) in [5.41, 5.74) is 4.94. The second-order valence-electron chi connectivity index (χ2n) is 6.52. The number of carbonyl (C=O) groups excluding carboxylic acids is 1. The topological polar surface area (TPSA) is 73.0 Å². The molecule has 0 bridgehead atoms. The van der Waals surface area contributed by atoms with E-state index in [0.717, 1.165) is 33.8 Å². The molecule has 0 spiro atoms. The molecule has 4 aromatic rings. The molecule has 1 N–H and O–H groups in total. The SMILES string of the molecule is Cc1ccc(-c2cccc(-c3ccn(CC(=O)NCc4ccco4)n3)c2)cn1. The van der Waals surface area contributed by atoms with Crippen LogP contribution in [-0.2, 0) is 17.9 Å². The molecule has 140 valence electrons. The Morgan fingerprint density at radius 3 is 2.75 bits per heavy atom. The van der Waals surface area contributed by atoms with E-state index < -0.39 is 0 Å². The van der Waals surface area contributed by atoms with Crippen LogP contribution in [0.4, 0.5) is 0 Å². The summed E-state index contributed by atoms with van der Waals surface area (Å²) in [4.78, 5) is 16.5. The van der Waals surface area contributed by atoms with Crippen molar-refractivity contribution in [3.63, 3.8) is 0 Å². The van der Waals surface area contributed by atoms with Crippen LogP contribution in [0.3, 0.4) is 0 Å². The Balaban J connectivity index is 1.44. The number of hydrogen-bond acceptors (Lipinski definition) is 4. The van der Waals surface area contributed by atoms with Crippen LogP contribution in [0.1, 0.15) is 11.5 Å². The van der Waals surface area contributed by atoms with Crippen LogP contribution in [0.5, 0.6) is 0 Å². The molecule has 3 aromatic heterocycles. The van der Waals surface area contributed by atoms with Crippen molar-refractivity contribution in [2.24, 2.45) is 0 Å². The molecule has 3 heterocycles. The number of nitrogens with one attached hydrogen (secondary N) is 1. The van der Waals surface area contributed by atoms with Crippen LogP contribution < -0.4 is 5.32 Å². The zero-order valence-electron chi connectivity index (χ0n) is 15.5. The highest BCUT2D eigenvalue weighted by Crippen LogP contribution is 2.25. The van der Waals surface area contributed by atoms with Gasteiger partial charge in [0.25, 0.3) is 0 Å². The van der Waals surface area contributed by atoms with Crippen LogP contribution in [-0.4, -0.2) is 20.7 Å². The summed E-state index contributed by atoms with van der Waals surface area (Å²) in [5, 5.41) is 7.35. The molecule has 0 radical (unpaired) electrons. The molecular weight excluding hydrogens is 352 g/mol. The van der Waals surface area contributed by atoms with Crippen molar-refractivity contribution in [3.8, 4) is 22.4 Å². The van der Waals surface area contributed by atoms with Gasteiger partial charge in [-0.3, -0.25) is 14.5 Å². The molecule has 1 amide bonds. The minimum absolute atomic E-state index is 0.120. The molecule has 0 aliphatic heterocycles. The maximum absolute atomic E-state index is 12.1. The Morgan fingerprint density at radius 1 is 1.07 bits per heavy atom. The molecule has 1 aromatic carbocycles. The highest BCUT2D eigenvalue weighted by Gasteiger charge is 2.08. The third kappa shape index (κ3) is 4.17. The normalized spacial score (nSPS) is 10.8. The summed E-state index contributed by atoms with van der Waals surface area (Å²) in [5.74, 6) is 0.599. The number of pyridine rings is 1. The molecule has 4 rings (SSSR count). The molecule has 0 unspecified atom stereocenters. The largest absolute Gasteiger partial charge is 0.467 e. The fraction of sp³-hybridized carbons (Fsp3) is 0.136. The van der Waals surface area contributed by atoms with Gasteiger partial charge >= 0.3 is 0 Å². The smallest absolute Gasteiger partial charge is 0.242 e. The maximum atomic E-state index is 12.1. The predicted octanol–water partition coefficient (Wildman–Crippen LogP) is 3.83.